The molecule has 2 aromatic carbocycles. The van der Waals surface area contributed by atoms with Crippen molar-refractivity contribution in [2.45, 2.75) is 20.3 Å². The van der Waals surface area contributed by atoms with Crippen molar-refractivity contribution in [2.24, 2.45) is 5.92 Å². The van der Waals surface area contributed by atoms with E-state index in [1.54, 1.807) is 29.2 Å². The van der Waals surface area contributed by atoms with Gasteiger partial charge in [0.1, 0.15) is 5.82 Å². The normalized spacial score (nSPS) is 14.2. The van der Waals surface area contributed by atoms with Crippen LogP contribution in [-0.2, 0) is 4.79 Å². The zero-order chi connectivity index (χ0) is 21.0. The van der Waals surface area contributed by atoms with Crippen LogP contribution >= 0.6 is 11.6 Å². The van der Waals surface area contributed by atoms with Gasteiger partial charge in [-0.1, -0.05) is 37.6 Å². The molecule has 0 saturated carbocycles. The standard InChI is InChI=1S/C22H25ClFN3O2/c1-15(2)13-21(28)25-19-14-16(23)7-8-20(19)26-9-11-27(12-10-26)22(29)17-5-3-4-6-18(17)24/h3-8,14-15H,9-13H2,1-2H3,(H,25,28). The Morgan fingerprint density at radius 3 is 2.45 bits per heavy atom. The summed E-state index contributed by atoms with van der Waals surface area (Å²) in [4.78, 5) is 28.6. The van der Waals surface area contributed by atoms with Crippen molar-refractivity contribution in [2.75, 3.05) is 36.4 Å². The Kier molecular flexibility index (Phi) is 6.75. The summed E-state index contributed by atoms with van der Waals surface area (Å²) < 4.78 is 13.9. The SMILES string of the molecule is CC(C)CC(=O)Nc1cc(Cl)ccc1N1CCN(C(=O)c2ccccc2F)CC1. The van der Waals surface area contributed by atoms with E-state index >= 15 is 0 Å². The molecule has 0 bridgehead atoms. The fraction of sp³-hybridized carbons (Fsp3) is 0.364. The summed E-state index contributed by atoms with van der Waals surface area (Å²) in [7, 11) is 0. The van der Waals surface area contributed by atoms with Crippen LogP contribution in [0.25, 0.3) is 0 Å². The minimum absolute atomic E-state index is 0.0584. The number of nitrogens with one attached hydrogen (secondary N) is 1. The molecule has 0 aromatic heterocycles. The number of carbonyl (C=O) groups excluding carboxylic acids is 2. The molecular weight excluding hydrogens is 393 g/mol. The second-order valence-electron chi connectivity index (χ2n) is 7.57. The van der Waals surface area contributed by atoms with Crippen LogP contribution in [0.4, 0.5) is 15.8 Å². The van der Waals surface area contributed by atoms with Gasteiger partial charge in [-0.2, -0.15) is 0 Å². The highest BCUT2D eigenvalue weighted by Gasteiger charge is 2.25. The molecule has 2 aromatic rings. The first-order valence-corrected chi connectivity index (χ1v) is 10.1. The molecule has 1 fully saturated rings. The third-order valence-electron chi connectivity index (χ3n) is 4.84. The van der Waals surface area contributed by atoms with Gasteiger partial charge >= 0.3 is 0 Å². The van der Waals surface area contributed by atoms with Gasteiger partial charge in [0.25, 0.3) is 5.91 Å². The summed E-state index contributed by atoms with van der Waals surface area (Å²) in [6, 6.07) is 11.4. The Hall–Kier alpha value is -2.60. The number of halogens is 2. The van der Waals surface area contributed by atoms with Crippen LogP contribution in [-0.4, -0.2) is 42.9 Å². The van der Waals surface area contributed by atoms with E-state index in [4.69, 9.17) is 11.6 Å². The molecule has 1 saturated heterocycles. The van der Waals surface area contributed by atoms with Crippen molar-refractivity contribution in [3.05, 3.63) is 58.9 Å². The fourth-order valence-corrected chi connectivity index (χ4v) is 3.58. The Bertz CT molecular complexity index is 895. The van der Waals surface area contributed by atoms with Gasteiger partial charge < -0.3 is 15.1 Å². The second-order valence-corrected chi connectivity index (χ2v) is 8.00. The van der Waals surface area contributed by atoms with Crippen molar-refractivity contribution in [3.63, 3.8) is 0 Å². The van der Waals surface area contributed by atoms with Crippen LogP contribution < -0.4 is 10.2 Å². The largest absolute Gasteiger partial charge is 0.366 e. The zero-order valence-corrected chi connectivity index (χ0v) is 17.4. The van der Waals surface area contributed by atoms with Crippen LogP contribution in [0.2, 0.25) is 5.02 Å². The maximum atomic E-state index is 13.9. The summed E-state index contributed by atoms with van der Waals surface area (Å²) in [6.45, 7) is 6.07. The van der Waals surface area contributed by atoms with Crippen molar-refractivity contribution in [3.8, 4) is 0 Å². The van der Waals surface area contributed by atoms with Crippen molar-refractivity contribution >= 4 is 34.8 Å². The van der Waals surface area contributed by atoms with E-state index in [0.717, 1.165) is 5.69 Å². The van der Waals surface area contributed by atoms with E-state index in [2.05, 4.69) is 10.2 Å². The number of amides is 2. The number of nitrogens with zero attached hydrogens (tertiary/aromatic N) is 2. The average molecular weight is 418 g/mol. The molecule has 7 heteroatoms. The van der Waals surface area contributed by atoms with Crippen LogP contribution in [0.15, 0.2) is 42.5 Å². The summed E-state index contributed by atoms with van der Waals surface area (Å²) >= 11 is 6.13. The van der Waals surface area contributed by atoms with E-state index in [1.807, 2.05) is 19.9 Å². The smallest absolute Gasteiger partial charge is 0.256 e. The lowest BCUT2D eigenvalue weighted by Crippen LogP contribution is -2.49. The lowest BCUT2D eigenvalue weighted by atomic mass is 10.1. The van der Waals surface area contributed by atoms with Gasteiger partial charge in [-0.25, -0.2) is 4.39 Å². The molecule has 0 atom stereocenters. The Morgan fingerprint density at radius 1 is 1.10 bits per heavy atom. The van der Waals surface area contributed by atoms with Crippen molar-refractivity contribution < 1.29 is 14.0 Å². The number of piperazine rings is 1. The van der Waals surface area contributed by atoms with Crippen molar-refractivity contribution in [1.29, 1.82) is 0 Å². The number of hydrogen-bond acceptors (Lipinski definition) is 3. The Balaban J connectivity index is 1.70. The van der Waals surface area contributed by atoms with Gasteiger partial charge in [0.2, 0.25) is 5.91 Å². The third-order valence-corrected chi connectivity index (χ3v) is 5.07. The van der Waals surface area contributed by atoms with Gasteiger partial charge in [0.05, 0.1) is 16.9 Å². The highest BCUT2D eigenvalue weighted by molar-refractivity contribution is 6.31. The molecule has 3 rings (SSSR count). The van der Waals surface area contributed by atoms with Gasteiger partial charge in [0, 0.05) is 37.6 Å². The monoisotopic (exact) mass is 417 g/mol. The number of carbonyl (C=O) groups is 2. The molecule has 5 nitrogen and oxygen atoms in total. The first kappa shape index (κ1) is 21.1. The molecule has 1 heterocycles. The minimum Gasteiger partial charge on any atom is -0.366 e. The van der Waals surface area contributed by atoms with Crippen LogP contribution in [0.5, 0.6) is 0 Å². The molecule has 0 unspecified atom stereocenters. The van der Waals surface area contributed by atoms with E-state index in [0.29, 0.717) is 43.3 Å². The highest BCUT2D eigenvalue weighted by Crippen LogP contribution is 2.30. The van der Waals surface area contributed by atoms with E-state index in [1.165, 1.54) is 12.1 Å². The van der Waals surface area contributed by atoms with E-state index in [9.17, 15) is 14.0 Å². The Labute approximate surface area is 175 Å². The maximum Gasteiger partial charge on any atom is 0.256 e. The number of anilines is 2. The summed E-state index contributed by atoms with van der Waals surface area (Å²) in [5, 5.41) is 3.50. The van der Waals surface area contributed by atoms with Crippen molar-refractivity contribution in [1.82, 2.24) is 4.90 Å². The molecule has 1 aliphatic rings. The molecule has 0 aliphatic carbocycles. The zero-order valence-electron chi connectivity index (χ0n) is 16.6. The molecule has 1 aliphatic heterocycles. The lowest BCUT2D eigenvalue weighted by Gasteiger charge is -2.37. The minimum atomic E-state index is -0.507. The number of hydrogen-bond donors (Lipinski definition) is 1. The molecular formula is C22H25ClFN3O2. The summed E-state index contributed by atoms with van der Waals surface area (Å²) in [5.41, 5.74) is 1.62. The van der Waals surface area contributed by atoms with Gasteiger partial charge in [-0.05, 0) is 36.2 Å². The predicted molar refractivity (Wildman–Crippen MR) is 114 cm³/mol. The molecule has 2 amide bonds. The molecule has 0 spiro atoms. The first-order chi connectivity index (χ1) is 13.8. The fourth-order valence-electron chi connectivity index (χ4n) is 3.41. The third kappa shape index (κ3) is 5.26. The highest BCUT2D eigenvalue weighted by atomic mass is 35.5. The van der Waals surface area contributed by atoms with Crippen LogP contribution in [0, 0.1) is 11.7 Å². The molecule has 29 heavy (non-hydrogen) atoms. The topological polar surface area (TPSA) is 52.7 Å². The molecule has 154 valence electrons. The van der Waals surface area contributed by atoms with Gasteiger partial charge in [-0.3, -0.25) is 9.59 Å². The number of rotatable bonds is 5. The van der Waals surface area contributed by atoms with E-state index in [-0.39, 0.29) is 23.3 Å². The predicted octanol–water partition coefficient (Wildman–Crippen LogP) is 4.43. The van der Waals surface area contributed by atoms with Crippen LogP contribution in [0.1, 0.15) is 30.6 Å². The first-order valence-electron chi connectivity index (χ1n) is 9.73. The van der Waals surface area contributed by atoms with Gasteiger partial charge in [0.15, 0.2) is 0 Å². The number of benzene rings is 2. The molecule has 1 N–H and O–H groups in total. The van der Waals surface area contributed by atoms with E-state index < -0.39 is 5.82 Å². The quantitative estimate of drug-likeness (QED) is 0.783. The second kappa shape index (κ2) is 9.27. The van der Waals surface area contributed by atoms with Gasteiger partial charge in [-0.15, -0.1) is 0 Å². The Morgan fingerprint density at radius 2 is 1.79 bits per heavy atom. The molecule has 0 radical (unpaired) electrons. The maximum absolute atomic E-state index is 13.9. The van der Waals surface area contributed by atoms with Crippen LogP contribution in [0.3, 0.4) is 0 Å². The summed E-state index contributed by atoms with van der Waals surface area (Å²) in [5.74, 6) is -0.612. The lowest BCUT2D eigenvalue weighted by molar-refractivity contribution is -0.116. The average Bonchev–Trinajstić information content (AvgIpc) is 2.67. The summed E-state index contributed by atoms with van der Waals surface area (Å²) in [6.07, 6.45) is 0.427.